The number of hydrogen-bond acceptors (Lipinski definition) is 7. The van der Waals surface area contributed by atoms with Crippen molar-refractivity contribution in [2.45, 2.75) is 149 Å². The van der Waals surface area contributed by atoms with Gasteiger partial charge in [0.15, 0.2) is 0 Å². The lowest BCUT2D eigenvalue weighted by Crippen LogP contribution is -2.65. The summed E-state index contributed by atoms with van der Waals surface area (Å²) >= 11 is 0. The molecule has 0 spiro atoms. The van der Waals surface area contributed by atoms with Gasteiger partial charge in [-0.25, -0.2) is 0 Å². The summed E-state index contributed by atoms with van der Waals surface area (Å²) in [6.07, 6.45) is 4.23. The van der Waals surface area contributed by atoms with Crippen molar-refractivity contribution in [3.63, 3.8) is 0 Å². The third-order valence-electron chi connectivity index (χ3n) is 8.97. The number of nitrogens with zero attached hydrogens (tertiary/aromatic N) is 6. The lowest BCUT2D eigenvalue weighted by Gasteiger charge is -2.57. The van der Waals surface area contributed by atoms with E-state index in [-0.39, 0.29) is 27.7 Å². The quantitative estimate of drug-likeness (QED) is 0.602. The number of aromatic nitrogens is 3. The van der Waals surface area contributed by atoms with Crippen molar-refractivity contribution in [3.05, 3.63) is 5.82 Å². The van der Waals surface area contributed by atoms with Crippen LogP contribution in [0.15, 0.2) is 0 Å². The average Bonchev–Trinajstić information content (AvgIpc) is 2.61. The highest BCUT2D eigenvalue weighted by atomic mass is 15.4. The SMILES string of the molecule is Cc1nc(NC2CC(C)(C)N(C)C(C)(C)C2)nc(N(C2CC(C)(C)N(C)C(C)(C)C2)C(C)(C)C)n1. The Morgan fingerprint density at radius 2 is 1.17 bits per heavy atom. The molecule has 200 valence electrons. The average molecular weight is 488 g/mol. The molecule has 7 heteroatoms. The van der Waals surface area contributed by atoms with Gasteiger partial charge in [0.1, 0.15) is 5.82 Å². The number of hydrogen-bond donors (Lipinski definition) is 1. The molecular formula is C28H53N7. The first-order valence-electron chi connectivity index (χ1n) is 13.4. The molecule has 1 aromatic heterocycles. The zero-order chi connectivity index (χ0) is 26.8. The second-order valence-corrected chi connectivity index (χ2v) is 14.7. The Morgan fingerprint density at radius 3 is 1.60 bits per heavy atom. The highest BCUT2D eigenvalue weighted by Gasteiger charge is 2.47. The summed E-state index contributed by atoms with van der Waals surface area (Å²) in [4.78, 5) is 22.2. The maximum Gasteiger partial charge on any atom is 0.231 e. The molecule has 0 aliphatic carbocycles. The maximum absolute atomic E-state index is 5.06. The Hall–Kier alpha value is -1.47. The van der Waals surface area contributed by atoms with Crippen LogP contribution in [-0.2, 0) is 0 Å². The summed E-state index contributed by atoms with van der Waals surface area (Å²) < 4.78 is 0. The summed E-state index contributed by atoms with van der Waals surface area (Å²) in [5.74, 6) is 2.26. The van der Waals surface area contributed by atoms with Crippen LogP contribution in [0.3, 0.4) is 0 Å². The van der Waals surface area contributed by atoms with Crippen LogP contribution in [0.4, 0.5) is 11.9 Å². The van der Waals surface area contributed by atoms with E-state index in [1.807, 2.05) is 6.92 Å². The molecule has 0 amide bonds. The molecule has 0 radical (unpaired) electrons. The van der Waals surface area contributed by atoms with Gasteiger partial charge in [-0.15, -0.1) is 0 Å². The first-order valence-corrected chi connectivity index (χ1v) is 13.4. The molecule has 1 aromatic rings. The number of rotatable bonds is 4. The van der Waals surface area contributed by atoms with Gasteiger partial charge in [0.25, 0.3) is 0 Å². The van der Waals surface area contributed by atoms with E-state index in [1.54, 1.807) is 0 Å². The second kappa shape index (κ2) is 8.83. The summed E-state index contributed by atoms with van der Waals surface area (Å²) in [5, 5.41) is 3.72. The second-order valence-electron chi connectivity index (χ2n) is 14.7. The Bertz CT molecular complexity index is 876. The van der Waals surface area contributed by atoms with E-state index in [4.69, 9.17) is 15.0 Å². The monoisotopic (exact) mass is 487 g/mol. The van der Waals surface area contributed by atoms with Crippen LogP contribution in [0.1, 0.15) is 108 Å². The fourth-order valence-corrected chi connectivity index (χ4v) is 6.81. The van der Waals surface area contributed by atoms with Crippen molar-refractivity contribution in [2.75, 3.05) is 24.3 Å². The molecule has 0 unspecified atom stereocenters. The minimum absolute atomic E-state index is 0.0877. The van der Waals surface area contributed by atoms with Gasteiger partial charge >= 0.3 is 0 Å². The van der Waals surface area contributed by atoms with Crippen molar-refractivity contribution in [3.8, 4) is 0 Å². The van der Waals surface area contributed by atoms with Gasteiger partial charge in [-0.1, -0.05) is 0 Å². The van der Waals surface area contributed by atoms with E-state index in [9.17, 15) is 0 Å². The van der Waals surface area contributed by atoms with Gasteiger partial charge in [-0.05, 0) is 123 Å². The Kier molecular flexibility index (Phi) is 7.09. The van der Waals surface area contributed by atoms with Crippen molar-refractivity contribution < 1.29 is 0 Å². The molecule has 2 saturated heterocycles. The molecule has 2 aliphatic rings. The normalized spacial score (nSPS) is 25.4. The Morgan fingerprint density at radius 1 is 0.743 bits per heavy atom. The Labute approximate surface area is 215 Å². The van der Waals surface area contributed by atoms with Gasteiger partial charge in [-0.3, -0.25) is 9.80 Å². The van der Waals surface area contributed by atoms with Crippen LogP contribution in [0.2, 0.25) is 0 Å². The molecule has 35 heavy (non-hydrogen) atoms. The number of piperidine rings is 2. The number of likely N-dealkylation sites (tertiary alicyclic amines) is 2. The van der Waals surface area contributed by atoms with Crippen LogP contribution in [-0.4, -0.2) is 78.6 Å². The molecule has 7 nitrogen and oxygen atoms in total. The maximum atomic E-state index is 5.06. The van der Waals surface area contributed by atoms with Crippen LogP contribution in [0, 0.1) is 6.92 Å². The van der Waals surface area contributed by atoms with Crippen molar-refractivity contribution in [1.82, 2.24) is 24.8 Å². The highest BCUT2D eigenvalue weighted by molar-refractivity contribution is 5.42. The van der Waals surface area contributed by atoms with Gasteiger partial charge in [-0.2, -0.15) is 15.0 Å². The lowest BCUT2D eigenvalue weighted by atomic mass is 9.76. The first-order chi connectivity index (χ1) is 15.7. The van der Waals surface area contributed by atoms with Gasteiger partial charge < -0.3 is 10.2 Å². The topological polar surface area (TPSA) is 60.4 Å². The molecular weight excluding hydrogens is 434 g/mol. The standard InChI is InChI=1S/C28H53N7/c1-19-29-22(31-20-15-25(5,6)33(13)26(7,8)16-20)32-23(30-19)35(24(2,3)4)21-17-27(9,10)34(14)28(11,12)18-21/h20-21H,15-18H2,1-14H3,(H,29,30,31,32). The molecule has 2 fully saturated rings. The molecule has 0 aromatic carbocycles. The van der Waals surface area contributed by atoms with Crippen molar-refractivity contribution in [2.24, 2.45) is 0 Å². The van der Waals surface area contributed by atoms with E-state index in [0.717, 1.165) is 37.5 Å². The lowest BCUT2D eigenvalue weighted by molar-refractivity contribution is -0.0155. The van der Waals surface area contributed by atoms with E-state index >= 15 is 0 Å². The molecule has 3 heterocycles. The van der Waals surface area contributed by atoms with Crippen molar-refractivity contribution in [1.29, 1.82) is 0 Å². The van der Waals surface area contributed by atoms with Gasteiger partial charge in [0.05, 0.1) is 0 Å². The van der Waals surface area contributed by atoms with Gasteiger partial charge in [0.2, 0.25) is 11.9 Å². The van der Waals surface area contributed by atoms with Crippen molar-refractivity contribution >= 4 is 11.9 Å². The largest absolute Gasteiger partial charge is 0.351 e. The summed E-state index contributed by atoms with van der Waals surface area (Å²) in [5.41, 5.74) is 0.268. The molecule has 0 bridgehead atoms. The van der Waals surface area contributed by atoms with E-state index < -0.39 is 0 Å². The van der Waals surface area contributed by atoms with Crippen LogP contribution >= 0.6 is 0 Å². The predicted molar refractivity (Wildman–Crippen MR) is 148 cm³/mol. The minimum Gasteiger partial charge on any atom is -0.351 e. The zero-order valence-electron chi connectivity index (χ0n) is 25.2. The fraction of sp³-hybridized carbons (Fsp3) is 0.893. The van der Waals surface area contributed by atoms with E-state index in [2.05, 4.69) is 110 Å². The number of aryl methyl sites for hydroxylation is 1. The minimum atomic E-state index is -0.116. The zero-order valence-corrected chi connectivity index (χ0v) is 25.2. The number of anilines is 2. The first kappa shape index (κ1) is 28.1. The summed E-state index contributed by atoms with van der Waals surface area (Å²) in [7, 11) is 4.50. The third-order valence-corrected chi connectivity index (χ3v) is 8.97. The van der Waals surface area contributed by atoms with E-state index in [1.165, 1.54) is 0 Å². The highest BCUT2D eigenvalue weighted by Crippen LogP contribution is 2.42. The number of nitrogens with one attached hydrogen (secondary N) is 1. The Balaban J connectivity index is 1.96. The third kappa shape index (κ3) is 5.76. The summed E-state index contributed by atoms with van der Waals surface area (Å²) in [6, 6.07) is 0.655. The van der Waals surface area contributed by atoms with Crippen LogP contribution < -0.4 is 10.2 Å². The van der Waals surface area contributed by atoms with E-state index in [0.29, 0.717) is 18.0 Å². The molecule has 0 saturated carbocycles. The smallest absolute Gasteiger partial charge is 0.231 e. The molecule has 1 N–H and O–H groups in total. The van der Waals surface area contributed by atoms with Crippen LogP contribution in [0.25, 0.3) is 0 Å². The fourth-order valence-electron chi connectivity index (χ4n) is 6.81. The molecule has 2 aliphatic heterocycles. The van der Waals surface area contributed by atoms with Crippen LogP contribution in [0.5, 0.6) is 0 Å². The molecule has 3 rings (SSSR count). The van der Waals surface area contributed by atoms with Gasteiger partial charge in [0, 0.05) is 39.8 Å². The predicted octanol–water partition coefficient (Wildman–Crippen LogP) is 5.50. The summed E-state index contributed by atoms with van der Waals surface area (Å²) in [6.45, 7) is 27.6. The molecule has 0 atom stereocenters.